The molecule has 2 aromatic heterocycles. The first kappa shape index (κ1) is 19.9. The van der Waals surface area contributed by atoms with Gasteiger partial charge in [-0.25, -0.2) is 0 Å². The lowest BCUT2D eigenvalue weighted by Crippen LogP contribution is -2.13. The first-order valence-corrected chi connectivity index (χ1v) is 9.28. The van der Waals surface area contributed by atoms with E-state index in [1.54, 1.807) is 42.7 Å². The molecule has 0 aliphatic rings. The molecule has 3 rings (SSSR count). The maximum atomic E-state index is 12.6. The number of rotatable bonds is 6. The van der Waals surface area contributed by atoms with E-state index < -0.39 is 5.91 Å². The Morgan fingerprint density at radius 1 is 1.28 bits per heavy atom. The van der Waals surface area contributed by atoms with Gasteiger partial charge in [-0.05, 0) is 74.9 Å². The van der Waals surface area contributed by atoms with Gasteiger partial charge in [0.15, 0.2) is 0 Å². The fraction of sp³-hybridized carbons (Fsp3) is 0.174. The Labute approximate surface area is 170 Å². The summed E-state index contributed by atoms with van der Waals surface area (Å²) in [5.74, 6) is 0.271. The van der Waals surface area contributed by atoms with Crippen molar-refractivity contribution in [2.24, 2.45) is 0 Å². The molecule has 1 aromatic carbocycles. The molecule has 0 fully saturated rings. The van der Waals surface area contributed by atoms with Gasteiger partial charge >= 0.3 is 0 Å². The molecule has 146 valence electrons. The van der Waals surface area contributed by atoms with Gasteiger partial charge in [0.1, 0.15) is 17.4 Å². The highest BCUT2D eigenvalue weighted by molar-refractivity contribution is 6.09. The smallest absolute Gasteiger partial charge is 0.266 e. The average molecular weight is 386 g/mol. The molecule has 0 atom stereocenters. The van der Waals surface area contributed by atoms with Crippen LogP contribution < -0.4 is 10.1 Å². The zero-order chi connectivity index (χ0) is 20.8. The quantitative estimate of drug-likeness (QED) is 0.502. The first-order chi connectivity index (χ1) is 14.0. The van der Waals surface area contributed by atoms with Crippen molar-refractivity contribution in [2.75, 3.05) is 11.9 Å². The van der Waals surface area contributed by atoms with E-state index in [4.69, 9.17) is 4.74 Å². The lowest BCUT2D eigenvalue weighted by Gasteiger charge is -2.09. The fourth-order valence-corrected chi connectivity index (χ4v) is 3.12. The molecule has 0 unspecified atom stereocenters. The van der Waals surface area contributed by atoms with Crippen LogP contribution in [0.2, 0.25) is 0 Å². The minimum Gasteiger partial charge on any atom is -0.494 e. The minimum absolute atomic E-state index is 0.0327. The summed E-state index contributed by atoms with van der Waals surface area (Å²) in [4.78, 5) is 16.7. The Morgan fingerprint density at radius 3 is 2.66 bits per heavy atom. The van der Waals surface area contributed by atoms with Gasteiger partial charge in [-0.15, -0.1) is 0 Å². The molecular weight excluding hydrogens is 364 g/mol. The summed E-state index contributed by atoms with van der Waals surface area (Å²) in [5, 5.41) is 12.3. The minimum atomic E-state index is -0.456. The van der Waals surface area contributed by atoms with Crippen molar-refractivity contribution in [1.29, 1.82) is 5.26 Å². The number of carbonyl (C=O) groups is 1. The van der Waals surface area contributed by atoms with E-state index in [1.807, 2.05) is 49.6 Å². The summed E-state index contributed by atoms with van der Waals surface area (Å²) < 4.78 is 7.43. The highest BCUT2D eigenvalue weighted by Gasteiger charge is 2.14. The number of aromatic nitrogens is 2. The number of amides is 1. The van der Waals surface area contributed by atoms with Crippen molar-refractivity contribution >= 4 is 17.7 Å². The average Bonchev–Trinajstić information content (AvgIpc) is 3.01. The van der Waals surface area contributed by atoms with Crippen molar-refractivity contribution in [3.8, 4) is 17.5 Å². The van der Waals surface area contributed by atoms with Gasteiger partial charge in [-0.2, -0.15) is 5.26 Å². The predicted octanol–water partition coefficient (Wildman–Crippen LogP) is 4.43. The van der Waals surface area contributed by atoms with Crippen LogP contribution in [0.3, 0.4) is 0 Å². The summed E-state index contributed by atoms with van der Waals surface area (Å²) in [6, 6.07) is 14.8. The van der Waals surface area contributed by atoms with Crippen molar-refractivity contribution in [3.05, 3.63) is 77.4 Å². The molecular formula is C23H22N4O2. The lowest BCUT2D eigenvalue weighted by molar-refractivity contribution is -0.112. The Morgan fingerprint density at radius 2 is 2.03 bits per heavy atom. The molecule has 6 nitrogen and oxygen atoms in total. The van der Waals surface area contributed by atoms with Crippen molar-refractivity contribution in [1.82, 2.24) is 9.55 Å². The molecule has 2 heterocycles. The van der Waals surface area contributed by atoms with Crippen LogP contribution in [-0.4, -0.2) is 22.1 Å². The van der Waals surface area contributed by atoms with Gasteiger partial charge in [0, 0.05) is 23.3 Å². The Balaban J connectivity index is 1.84. The maximum Gasteiger partial charge on any atom is 0.266 e. The van der Waals surface area contributed by atoms with E-state index in [0.717, 1.165) is 28.4 Å². The second-order valence-corrected chi connectivity index (χ2v) is 6.45. The Kier molecular flexibility index (Phi) is 6.10. The van der Waals surface area contributed by atoms with Gasteiger partial charge in [-0.3, -0.25) is 9.78 Å². The number of benzene rings is 1. The standard InChI is InChI=1S/C23H22N4O2/c1-4-29-22-9-7-20(8-10-22)26-23(28)19(14-24)13-18-12-16(2)27(17(18)3)21-6-5-11-25-15-21/h5-13,15H,4H2,1-3H3,(H,26,28)/b19-13-. The number of nitrogens with zero attached hydrogens (tertiary/aromatic N) is 3. The zero-order valence-corrected chi connectivity index (χ0v) is 16.6. The fourth-order valence-electron chi connectivity index (χ4n) is 3.12. The van der Waals surface area contributed by atoms with E-state index in [1.165, 1.54) is 0 Å². The van der Waals surface area contributed by atoms with Gasteiger partial charge < -0.3 is 14.6 Å². The normalized spacial score (nSPS) is 11.0. The van der Waals surface area contributed by atoms with Gasteiger partial charge in [0.2, 0.25) is 0 Å². The van der Waals surface area contributed by atoms with Gasteiger partial charge in [-0.1, -0.05) is 0 Å². The lowest BCUT2D eigenvalue weighted by atomic mass is 10.1. The maximum absolute atomic E-state index is 12.6. The molecule has 29 heavy (non-hydrogen) atoms. The molecule has 0 saturated heterocycles. The number of hydrogen-bond donors (Lipinski definition) is 1. The molecule has 0 bridgehead atoms. The number of nitriles is 1. The SMILES string of the molecule is CCOc1ccc(NC(=O)/C(C#N)=C\c2cc(C)n(-c3cccnc3)c2C)cc1. The topological polar surface area (TPSA) is 79.9 Å². The van der Waals surface area contributed by atoms with E-state index in [2.05, 4.69) is 10.3 Å². The summed E-state index contributed by atoms with van der Waals surface area (Å²) in [6.45, 7) is 6.41. The van der Waals surface area contributed by atoms with E-state index in [-0.39, 0.29) is 5.57 Å². The molecule has 0 aliphatic carbocycles. The molecule has 0 aliphatic heterocycles. The summed E-state index contributed by atoms with van der Waals surface area (Å²) in [7, 11) is 0. The molecule has 1 amide bonds. The van der Waals surface area contributed by atoms with Crippen LogP contribution in [0.15, 0.2) is 60.4 Å². The van der Waals surface area contributed by atoms with Crippen molar-refractivity contribution < 1.29 is 9.53 Å². The van der Waals surface area contributed by atoms with Crippen molar-refractivity contribution in [3.63, 3.8) is 0 Å². The number of carbonyl (C=O) groups excluding carboxylic acids is 1. The van der Waals surface area contributed by atoms with Crippen LogP contribution >= 0.6 is 0 Å². The van der Waals surface area contributed by atoms with Crippen LogP contribution in [0.5, 0.6) is 5.75 Å². The molecule has 3 aromatic rings. The monoisotopic (exact) mass is 386 g/mol. The molecule has 6 heteroatoms. The third kappa shape index (κ3) is 4.53. The third-order valence-electron chi connectivity index (χ3n) is 4.46. The van der Waals surface area contributed by atoms with Crippen molar-refractivity contribution in [2.45, 2.75) is 20.8 Å². The van der Waals surface area contributed by atoms with Gasteiger partial charge in [0.05, 0.1) is 18.5 Å². The Bertz CT molecular complexity index is 1070. The number of aryl methyl sites for hydroxylation is 1. The summed E-state index contributed by atoms with van der Waals surface area (Å²) in [5.41, 5.74) is 4.29. The van der Waals surface area contributed by atoms with E-state index in [0.29, 0.717) is 12.3 Å². The van der Waals surface area contributed by atoms with Crippen LogP contribution in [-0.2, 0) is 4.79 Å². The number of pyridine rings is 1. The summed E-state index contributed by atoms with van der Waals surface area (Å²) in [6.07, 6.45) is 5.11. The highest BCUT2D eigenvalue weighted by Crippen LogP contribution is 2.23. The molecule has 1 N–H and O–H groups in total. The first-order valence-electron chi connectivity index (χ1n) is 9.28. The second kappa shape index (κ2) is 8.89. The number of ether oxygens (including phenoxy) is 1. The van der Waals surface area contributed by atoms with Gasteiger partial charge in [0.25, 0.3) is 5.91 Å². The summed E-state index contributed by atoms with van der Waals surface area (Å²) >= 11 is 0. The van der Waals surface area contributed by atoms with Crippen LogP contribution in [0, 0.1) is 25.2 Å². The van der Waals surface area contributed by atoms with Crippen LogP contribution in [0.4, 0.5) is 5.69 Å². The largest absolute Gasteiger partial charge is 0.494 e. The Hall–Kier alpha value is -3.85. The highest BCUT2D eigenvalue weighted by atomic mass is 16.5. The number of hydrogen-bond acceptors (Lipinski definition) is 4. The third-order valence-corrected chi connectivity index (χ3v) is 4.46. The number of nitrogens with one attached hydrogen (secondary N) is 1. The van der Waals surface area contributed by atoms with Crippen LogP contribution in [0.1, 0.15) is 23.9 Å². The van der Waals surface area contributed by atoms with E-state index in [9.17, 15) is 10.1 Å². The zero-order valence-electron chi connectivity index (χ0n) is 16.6. The molecule has 0 radical (unpaired) electrons. The van der Waals surface area contributed by atoms with Crippen LogP contribution in [0.25, 0.3) is 11.8 Å². The molecule has 0 saturated carbocycles. The predicted molar refractivity (Wildman–Crippen MR) is 113 cm³/mol. The molecule has 0 spiro atoms. The van der Waals surface area contributed by atoms with E-state index >= 15 is 0 Å². The number of anilines is 1. The second-order valence-electron chi connectivity index (χ2n) is 6.45.